The molecule has 25 heavy (non-hydrogen) atoms. The SMILES string of the molecule is Brc1cccnc1N1CCC(Nc2ccnc(N3CCOCC3)n2)C1. The van der Waals surface area contributed by atoms with Crippen molar-refractivity contribution in [1.29, 1.82) is 0 Å². The van der Waals surface area contributed by atoms with Gasteiger partial charge in [-0.2, -0.15) is 4.98 Å². The van der Waals surface area contributed by atoms with Crippen LogP contribution in [0.4, 0.5) is 17.6 Å². The van der Waals surface area contributed by atoms with Gasteiger partial charge in [0.2, 0.25) is 5.95 Å². The van der Waals surface area contributed by atoms with E-state index in [4.69, 9.17) is 4.74 Å². The highest BCUT2D eigenvalue weighted by atomic mass is 79.9. The Hall–Kier alpha value is -1.93. The summed E-state index contributed by atoms with van der Waals surface area (Å²) in [6, 6.07) is 6.25. The van der Waals surface area contributed by atoms with E-state index in [0.717, 1.165) is 67.9 Å². The lowest BCUT2D eigenvalue weighted by atomic mass is 10.2. The Morgan fingerprint density at radius 1 is 1.08 bits per heavy atom. The number of nitrogens with zero attached hydrogens (tertiary/aromatic N) is 5. The molecule has 0 saturated carbocycles. The van der Waals surface area contributed by atoms with E-state index in [0.29, 0.717) is 6.04 Å². The molecule has 1 N–H and O–H groups in total. The molecule has 0 amide bonds. The third kappa shape index (κ3) is 3.85. The molecule has 0 bridgehead atoms. The van der Waals surface area contributed by atoms with Crippen molar-refractivity contribution in [2.75, 3.05) is 54.5 Å². The van der Waals surface area contributed by atoms with Gasteiger partial charge >= 0.3 is 0 Å². The Balaban J connectivity index is 1.40. The number of hydrogen-bond donors (Lipinski definition) is 1. The van der Waals surface area contributed by atoms with Crippen LogP contribution in [0.1, 0.15) is 6.42 Å². The summed E-state index contributed by atoms with van der Waals surface area (Å²) in [5.41, 5.74) is 0. The second kappa shape index (κ2) is 7.53. The number of morpholine rings is 1. The molecular weight excluding hydrogens is 384 g/mol. The van der Waals surface area contributed by atoms with Gasteiger partial charge in [-0.1, -0.05) is 0 Å². The van der Waals surface area contributed by atoms with E-state index < -0.39 is 0 Å². The number of pyridine rings is 1. The van der Waals surface area contributed by atoms with E-state index in [9.17, 15) is 0 Å². The van der Waals surface area contributed by atoms with E-state index in [-0.39, 0.29) is 0 Å². The number of anilines is 3. The van der Waals surface area contributed by atoms with Crippen LogP contribution in [0.2, 0.25) is 0 Å². The normalized spacial score (nSPS) is 20.8. The van der Waals surface area contributed by atoms with Crippen molar-refractivity contribution in [3.63, 3.8) is 0 Å². The minimum Gasteiger partial charge on any atom is -0.378 e. The molecule has 2 aromatic rings. The Morgan fingerprint density at radius 3 is 2.80 bits per heavy atom. The van der Waals surface area contributed by atoms with E-state index in [1.54, 1.807) is 0 Å². The molecule has 2 aliphatic heterocycles. The quantitative estimate of drug-likeness (QED) is 0.836. The molecule has 2 fully saturated rings. The third-order valence-corrected chi connectivity index (χ3v) is 5.13. The summed E-state index contributed by atoms with van der Waals surface area (Å²) in [5, 5.41) is 3.55. The molecule has 4 heterocycles. The van der Waals surface area contributed by atoms with Crippen molar-refractivity contribution in [3.8, 4) is 0 Å². The van der Waals surface area contributed by atoms with E-state index in [1.807, 2.05) is 30.6 Å². The maximum Gasteiger partial charge on any atom is 0.227 e. The van der Waals surface area contributed by atoms with Crippen LogP contribution in [0, 0.1) is 0 Å². The number of nitrogens with one attached hydrogen (secondary N) is 1. The van der Waals surface area contributed by atoms with Crippen LogP contribution in [0.3, 0.4) is 0 Å². The zero-order valence-corrected chi connectivity index (χ0v) is 15.5. The lowest BCUT2D eigenvalue weighted by Crippen LogP contribution is -2.37. The highest BCUT2D eigenvalue weighted by Gasteiger charge is 2.25. The van der Waals surface area contributed by atoms with Gasteiger partial charge in [0.15, 0.2) is 0 Å². The van der Waals surface area contributed by atoms with Crippen LogP contribution in [-0.2, 0) is 4.74 Å². The number of rotatable bonds is 4. The molecule has 1 unspecified atom stereocenters. The summed E-state index contributed by atoms with van der Waals surface area (Å²) >= 11 is 3.59. The Morgan fingerprint density at radius 2 is 1.96 bits per heavy atom. The lowest BCUT2D eigenvalue weighted by Gasteiger charge is -2.27. The number of ether oxygens (including phenoxy) is 1. The maximum atomic E-state index is 5.39. The molecule has 0 aliphatic carbocycles. The Bertz CT molecular complexity index is 724. The Labute approximate surface area is 155 Å². The fraction of sp³-hybridized carbons (Fsp3) is 0.471. The van der Waals surface area contributed by atoms with Crippen LogP contribution in [0.15, 0.2) is 35.1 Å². The monoisotopic (exact) mass is 404 g/mol. The van der Waals surface area contributed by atoms with Crippen LogP contribution in [0.25, 0.3) is 0 Å². The van der Waals surface area contributed by atoms with Crippen molar-refractivity contribution in [1.82, 2.24) is 15.0 Å². The zero-order chi connectivity index (χ0) is 17.1. The van der Waals surface area contributed by atoms with E-state index in [1.165, 1.54) is 0 Å². The molecule has 2 saturated heterocycles. The highest BCUT2D eigenvalue weighted by Crippen LogP contribution is 2.27. The summed E-state index contributed by atoms with van der Waals surface area (Å²) in [6.45, 7) is 5.04. The molecule has 7 nitrogen and oxygen atoms in total. The van der Waals surface area contributed by atoms with Gasteiger partial charge in [-0.25, -0.2) is 9.97 Å². The van der Waals surface area contributed by atoms with Crippen molar-refractivity contribution in [3.05, 3.63) is 35.1 Å². The summed E-state index contributed by atoms with van der Waals surface area (Å²) in [7, 11) is 0. The molecule has 132 valence electrons. The molecule has 0 radical (unpaired) electrons. The predicted octanol–water partition coefficient (Wildman–Crippen LogP) is 2.16. The second-order valence-corrected chi connectivity index (χ2v) is 7.08. The van der Waals surface area contributed by atoms with Gasteiger partial charge in [0.05, 0.1) is 17.7 Å². The minimum atomic E-state index is 0.348. The largest absolute Gasteiger partial charge is 0.378 e. The summed E-state index contributed by atoms with van der Waals surface area (Å²) in [4.78, 5) is 18.0. The van der Waals surface area contributed by atoms with Crippen molar-refractivity contribution in [2.24, 2.45) is 0 Å². The summed E-state index contributed by atoms with van der Waals surface area (Å²) in [5.74, 6) is 2.66. The average Bonchev–Trinajstić information content (AvgIpc) is 3.11. The third-order valence-electron chi connectivity index (χ3n) is 4.52. The van der Waals surface area contributed by atoms with Crippen LogP contribution < -0.4 is 15.1 Å². The zero-order valence-electron chi connectivity index (χ0n) is 13.9. The molecule has 2 aliphatic rings. The van der Waals surface area contributed by atoms with Crippen LogP contribution in [-0.4, -0.2) is 60.4 Å². The fourth-order valence-electron chi connectivity index (χ4n) is 3.23. The minimum absolute atomic E-state index is 0.348. The Kier molecular flexibility index (Phi) is 4.98. The van der Waals surface area contributed by atoms with Gasteiger partial charge in [0, 0.05) is 44.6 Å². The van der Waals surface area contributed by atoms with Gasteiger partial charge in [0.1, 0.15) is 11.6 Å². The average molecular weight is 405 g/mol. The second-order valence-electron chi connectivity index (χ2n) is 6.23. The lowest BCUT2D eigenvalue weighted by molar-refractivity contribution is 0.122. The maximum absolute atomic E-state index is 5.39. The number of aromatic nitrogens is 3. The van der Waals surface area contributed by atoms with Gasteiger partial charge in [-0.3, -0.25) is 0 Å². The molecule has 4 rings (SSSR count). The van der Waals surface area contributed by atoms with Crippen molar-refractivity contribution in [2.45, 2.75) is 12.5 Å². The topological polar surface area (TPSA) is 66.4 Å². The number of halogens is 1. The number of hydrogen-bond acceptors (Lipinski definition) is 7. The standard InChI is InChI=1S/C17H21BrN6O/c18-14-2-1-5-19-16(14)24-7-4-13(12-24)21-15-3-6-20-17(22-15)23-8-10-25-11-9-23/h1-3,5-6,13H,4,7-12H2,(H,20,21,22). The predicted molar refractivity (Wildman–Crippen MR) is 101 cm³/mol. The summed E-state index contributed by atoms with van der Waals surface area (Å²) in [6.07, 6.45) is 4.71. The summed E-state index contributed by atoms with van der Waals surface area (Å²) < 4.78 is 6.43. The fourth-order valence-corrected chi connectivity index (χ4v) is 3.74. The smallest absolute Gasteiger partial charge is 0.227 e. The first-order valence-corrected chi connectivity index (χ1v) is 9.36. The van der Waals surface area contributed by atoms with Gasteiger partial charge in [-0.15, -0.1) is 0 Å². The molecule has 0 spiro atoms. The molecular formula is C17H21BrN6O. The first-order valence-electron chi connectivity index (χ1n) is 8.57. The van der Waals surface area contributed by atoms with Gasteiger partial charge in [-0.05, 0) is 40.5 Å². The molecule has 8 heteroatoms. The van der Waals surface area contributed by atoms with Crippen LogP contribution in [0.5, 0.6) is 0 Å². The molecule has 0 aromatic carbocycles. The first kappa shape index (κ1) is 16.5. The first-order chi connectivity index (χ1) is 12.3. The van der Waals surface area contributed by atoms with Crippen molar-refractivity contribution < 1.29 is 4.74 Å². The van der Waals surface area contributed by atoms with Crippen molar-refractivity contribution >= 4 is 33.5 Å². The van der Waals surface area contributed by atoms with Crippen LogP contribution >= 0.6 is 15.9 Å². The highest BCUT2D eigenvalue weighted by molar-refractivity contribution is 9.10. The van der Waals surface area contributed by atoms with Gasteiger partial charge in [0.25, 0.3) is 0 Å². The van der Waals surface area contributed by atoms with E-state index >= 15 is 0 Å². The van der Waals surface area contributed by atoms with E-state index in [2.05, 4.69) is 46.0 Å². The molecule has 2 aromatic heterocycles. The molecule has 1 atom stereocenters. The van der Waals surface area contributed by atoms with Gasteiger partial charge < -0.3 is 19.9 Å².